The summed E-state index contributed by atoms with van der Waals surface area (Å²) in [5.41, 5.74) is 1.15. The van der Waals surface area contributed by atoms with Crippen LogP contribution in [0.2, 0.25) is 0 Å². The molecule has 0 radical (unpaired) electrons. The van der Waals surface area contributed by atoms with Gasteiger partial charge in [-0.3, -0.25) is 9.89 Å². The van der Waals surface area contributed by atoms with Crippen LogP contribution in [-0.2, 0) is 17.6 Å². The van der Waals surface area contributed by atoms with Crippen molar-refractivity contribution < 1.29 is 13.9 Å². The predicted molar refractivity (Wildman–Crippen MR) is 90.9 cm³/mol. The first-order chi connectivity index (χ1) is 12.1. The quantitative estimate of drug-likeness (QED) is 0.723. The summed E-state index contributed by atoms with van der Waals surface area (Å²) < 4.78 is 18.8. The van der Waals surface area contributed by atoms with Gasteiger partial charge >= 0.3 is 0 Å². The number of carbonyl (C=O) groups excluding carboxylic acids is 1. The molecule has 2 aromatic carbocycles. The highest BCUT2D eigenvalue weighted by molar-refractivity contribution is 5.91. The summed E-state index contributed by atoms with van der Waals surface area (Å²) in [6.45, 7) is 0. The molecule has 25 heavy (non-hydrogen) atoms. The first kappa shape index (κ1) is 16.6. The van der Waals surface area contributed by atoms with E-state index in [2.05, 4.69) is 20.5 Å². The van der Waals surface area contributed by atoms with Crippen LogP contribution in [0.25, 0.3) is 0 Å². The number of anilines is 1. The van der Waals surface area contributed by atoms with Crippen molar-refractivity contribution in [3.8, 4) is 5.75 Å². The van der Waals surface area contributed by atoms with E-state index in [0.717, 1.165) is 0 Å². The molecule has 1 amide bonds. The van der Waals surface area contributed by atoms with E-state index < -0.39 is 0 Å². The summed E-state index contributed by atoms with van der Waals surface area (Å²) in [4.78, 5) is 16.3. The highest BCUT2D eigenvalue weighted by Crippen LogP contribution is 2.17. The van der Waals surface area contributed by atoms with Crippen molar-refractivity contribution >= 4 is 11.6 Å². The molecule has 6 nitrogen and oxygen atoms in total. The maximum atomic E-state index is 13.7. The van der Waals surface area contributed by atoms with E-state index >= 15 is 0 Å². The summed E-state index contributed by atoms with van der Waals surface area (Å²) in [5, 5.41) is 9.51. The molecule has 0 aliphatic carbocycles. The molecular formula is C18H17FN4O2. The summed E-state index contributed by atoms with van der Waals surface area (Å²) in [6, 6.07) is 13.5. The topological polar surface area (TPSA) is 79.9 Å². The monoisotopic (exact) mass is 340 g/mol. The molecule has 0 spiro atoms. The molecule has 1 aromatic heterocycles. The van der Waals surface area contributed by atoms with Gasteiger partial charge in [-0.25, -0.2) is 9.37 Å². The smallest absolute Gasteiger partial charge is 0.232 e. The van der Waals surface area contributed by atoms with Crippen molar-refractivity contribution in [1.82, 2.24) is 15.2 Å². The second-order valence-electron chi connectivity index (χ2n) is 5.42. The zero-order valence-corrected chi connectivity index (χ0v) is 13.6. The van der Waals surface area contributed by atoms with Gasteiger partial charge in [-0.1, -0.05) is 24.3 Å². The Morgan fingerprint density at radius 2 is 2.08 bits per heavy atom. The number of amides is 1. The maximum Gasteiger partial charge on any atom is 0.232 e. The van der Waals surface area contributed by atoms with E-state index in [1.54, 1.807) is 49.6 Å². The van der Waals surface area contributed by atoms with E-state index in [9.17, 15) is 9.18 Å². The number of benzene rings is 2. The minimum atomic E-state index is -0.295. The van der Waals surface area contributed by atoms with E-state index in [0.29, 0.717) is 28.6 Å². The van der Waals surface area contributed by atoms with Crippen molar-refractivity contribution in [2.24, 2.45) is 0 Å². The molecule has 0 unspecified atom stereocenters. The normalized spacial score (nSPS) is 10.5. The van der Waals surface area contributed by atoms with Gasteiger partial charge in [0.1, 0.15) is 17.4 Å². The van der Waals surface area contributed by atoms with E-state index in [1.807, 2.05) is 0 Å². The highest BCUT2D eigenvalue weighted by atomic mass is 19.1. The molecule has 0 aliphatic rings. The second kappa shape index (κ2) is 7.57. The van der Waals surface area contributed by atoms with Gasteiger partial charge in [-0.2, -0.15) is 5.10 Å². The van der Waals surface area contributed by atoms with Crippen molar-refractivity contribution in [2.75, 3.05) is 12.4 Å². The number of aromatic amines is 1. The lowest BCUT2D eigenvalue weighted by atomic mass is 10.1. The fraction of sp³-hybridized carbons (Fsp3) is 0.167. The van der Waals surface area contributed by atoms with Crippen LogP contribution < -0.4 is 10.1 Å². The van der Waals surface area contributed by atoms with Crippen LogP contribution in [0.5, 0.6) is 5.75 Å². The lowest BCUT2D eigenvalue weighted by molar-refractivity contribution is -0.115. The zero-order chi connectivity index (χ0) is 17.6. The number of nitrogens with zero attached hydrogens (tertiary/aromatic N) is 2. The standard InChI is InChI=1S/C18H17FN4O2/c1-25-14-7-4-6-13(10-14)20-18(24)11-17-21-16(22-23-17)9-12-5-2-3-8-15(12)19/h2-8,10H,9,11H2,1H3,(H,20,24)(H,21,22,23). The third-order valence-electron chi connectivity index (χ3n) is 3.57. The van der Waals surface area contributed by atoms with Gasteiger partial charge in [0, 0.05) is 18.2 Å². The molecular weight excluding hydrogens is 323 g/mol. The minimum Gasteiger partial charge on any atom is -0.497 e. The number of aromatic nitrogens is 3. The highest BCUT2D eigenvalue weighted by Gasteiger charge is 2.11. The van der Waals surface area contributed by atoms with Crippen molar-refractivity contribution in [3.63, 3.8) is 0 Å². The Hall–Kier alpha value is -3.22. The van der Waals surface area contributed by atoms with Crippen LogP contribution in [0, 0.1) is 5.82 Å². The number of methoxy groups -OCH3 is 1. The molecule has 0 saturated heterocycles. The number of ether oxygens (including phenoxy) is 1. The largest absolute Gasteiger partial charge is 0.497 e. The summed E-state index contributed by atoms with van der Waals surface area (Å²) >= 11 is 0. The van der Waals surface area contributed by atoms with Crippen LogP contribution >= 0.6 is 0 Å². The fourth-order valence-electron chi connectivity index (χ4n) is 2.36. The average molecular weight is 340 g/mol. The Labute approximate surface area is 144 Å². The minimum absolute atomic E-state index is 0.0188. The molecule has 3 aromatic rings. The zero-order valence-electron chi connectivity index (χ0n) is 13.6. The molecule has 0 saturated carbocycles. The van der Waals surface area contributed by atoms with Gasteiger partial charge in [0.2, 0.25) is 5.91 Å². The Balaban J connectivity index is 1.61. The lowest BCUT2D eigenvalue weighted by Gasteiger charge is -2.05. The van der Waals surface area contributed by atoms with Gasteiger partial charge in [-0.15, -0.1) is 0 Å². The SMILES string of the molecule is COc1cccc(NC(=O)Cc2n[nH]c(Cc3ccccc3F)n2)c1. The Morgan fingerprint density at radius 1 is 1.24 bits per heavy atom. The maximum absolute atomic E-state index is 13.7. The summed E-state index contributed by atoms with van der Waals surface area (Å²) in [6.07, 6.45) is 0.308. The third kappa shape index (κ3) is 4.41. The van der Waals surface area contributed by atoms with E-state index in [4.69, 9.17) is 4.74 Å². The summed E-state index contributed by atoms with van der Waals surface area (Å²) in [5.74, 6) is 0.977. The Kier molecular flexibility index (Phi) is 5.03. The lowest BCUT2D eigenvalue weighted by Crippen LogP contribution is -2.15. The first-order valence-electron chi connectivity index (χ1n) is 7.71. The van der Waals surface area contributed by atoms with Crippen LogP contribution in [0.4, 0.5) is 10.1 Å². The number of carbonyl (C=O) groups is 1. The van der Waals surface area contributed by atoms with Crippen molar-refractivity contribution in [1.29, 1.82) is 0 Å². The number of halogens is 1. The number of hydrogen-bond acceptors (Lipinski definition) is 4. The molecule has 0 bridgehead atoms. The van der Waals surface area contributed by atoms with Gasteiger partial charge < -0.3 is 10.1 Å². The second-order valence-corrected chi connectivity index (χ2v) is 5.42. The van der Waals surface area contributed by atoms with Gasteiger partial charge in [0.25, 0.3) is 0 Å². The van der Waals surface area contributed by atoms with Crippen LogP contribution in [0.3, 0.4) is 0 Å². The third-order valence-corrected chi connectivity index (χ3v) is 3.57. The molecule has 3 rings (SSSR count). The van der Waals surface area contributed by atoms with Crippen LogP contribution in [0.15, 0.2) is 48.5 Å². The molecule has 2 N–H and O–H groups in total. The number of nitrogens with one attached hydrogen (secondary N) is 2. The molecule has 0 fully saturated rings. The Morgan fingerprint density at radius 3 is 2.88 bits per heavy atom. The van der Waals surface area contributed by atoms with Gasteiger partial charge in [0.15, 0.2) is 5.82 Å². The van der Waals surface area contributed by atoms with Gasteiger partial charge in [0.05, 0.1) is 13.5 Å². The number of rotatable bonds is 6. The summed E-state index contributed by atoms with van der Waals surface area (Å²) in [7, 11) is 1.56. The van der Waals surface area contributed by atoms with E-state index in [-0.39, 0.29) is 24.6 Å². The molecule has 7 heteroatoms. The fourth-order valence-corrected chi connectivity index (χ4v) is 2.36. The molecule has 0 atom stereocenters. The molecule has 1 heterocycles. The molecule has 0 aliphatic heterocycles. The van der Waals surface area contributed by atoms with Gasteiger partial charge in [-0.05, 0) is 23.8 Å². The van der Waals surface area contributed by atoms with Crippen molar-refractivity contribution in [3.05, 3.63) is 71.6 Å². The molecule has 128 valence electrons. The Bertz CT molecular complexity index is 879. The first-order valence-corrected chi connectivity index (χ1v) is 7.71. The number of H-pyrrole nitrogens is 1. The average Bonchev–Trinajstić information content (AvgIpc) is 3.04. The number of hydrogen-bond donors (Lipinski definition) is 2. The predicted octanol–water partition coefficient (Wildman–Crippen LogP) is 2.72. The van der Waals surface area contributed by atoms with E-state index in [1.165, 1.54) is 6.07 Å². The van der Waals surface area contributed by atoms with Crippen LogP contribution in [0.1, 0.15) is 17.2 Å². The van der Waals surface area contributed by atoms with Crippen molar-refractivity contribution in [2.45, 2.75) is 12.8 Å². The van der Waals surface area contributed by atoms with Crippen LogP contribution in [-0.4, -0.2) is 28.2 Å².